The van der Waals surface area contributed by atoms with Crippen LogP contribution in [-0.2, 0) is 29.6 Å². The second-order valence-corrected chi connectivity index (χ2v) is 12.7. The largest absolute Gasteiger partial charge is 0.326 e. The molecule has 0 aliphatic heterocycles. The molecule has 0 aliphatic carbocycles. The molecule has 0 fully saturated rings. The van der Waals surface area contributed by atoms with Gasteiger partial charge in [-0.1, -0.05) is 33.1 Å². The molecule has 2 amide bonds. The van der Waals surface area contributed by atoms with Crippen LogP contribution < -0.4 is 20.1 Å². The summed E-state index contributed by atoms with van der Waals surface area (Å²) in [5.74, 6) is -0.261. The molecule has 0 atom stereocenters. The highest BCUT2D eigenvalue weighted by Crippen LogP contribution is 2.16. The number of anilines is 2. The van der Waals surface area contributed by atoms with Gasteiger partial charge in [-0.2, -0.15) is 0 Å². The average molecular weight is 581 g/mol. The first-order chi connectivity index (χ1) is 18.6. The minimum Gasteiger partial charge on any atom is -0.326 e. The zero-order valence-corrected chi connectivity index (χ0v) is 24.3. The highest BCUT2D eigenvalue weighted by atomic mass is 32.2. The van der Waals surface area contributed by atoms with Gasteiger partial charge >= 0.3 is 0 Å². The Morgan fingerprint density at radius 2 is 0.897 bits per heavy atom. The van der Waals surface area contributed by atoms with Crippen molar-refractivity contribution < 1.29 is 26.4 Å². The van der Waals surface area contributed by atoms with E-state index >= 15 is 0 Å². The van der Waals surface area contributed by atoms with Gasteiger partial charge in [-0.3, -0.25) is 9.59 Å². The molecule has 216 valence electrons. The molecule has 10 nitrogen and oxygen atoms in total. The van der Waals surface area contributed by atoms with Crippen molar-refractivity contribution in [2.45, 2.75) is 81.4 Å². The average Bonchev–Trinajstić information content (AvgIpc) is 2.91. The number of nitrogens with one attached hydrogen (secondary N) is 4. The number of rotatable bonds is 18. The summed E-state index contributed by atoms with van der Waals surface area (Å²) in [6.07, 6.45) is 6.17. The van der Waals surface area contributed by atoms with Crippen LogP contribution in [0.3, 0.4) is 0 Å². The summed E-state index contributed by atoms with van der Waals surface area (Å²) in [5.41, 5.74) is 1.09. The van der Waals surface area contributed by atoms with E-state index in [9.17, 15) is 26.4 Å². The predicted molar refractivity (Wildman–Crippen MR) is 153 cm³/mol. The molecular weight excluding hydrogens is 540 g/mol. The molecule has 2 aromatic carbocycles. The van der Waals surface area contributed by atoms with Gasteiger partial charge in [0.15, 0.2) is 0 Å². The number of carbonyl (C=O) groups excluding carboxylic acids is 2. The lowest BCUT2D eigenvalue weighted by molar-refractivity contribution is -0.117. The van der Waals surface area contributed by atoms with Crippen LogP contribution in [0.15, 0.2) is 58.3 Å². The smallest absolute Gasteiger partial charge is 0.240 e. The van der Waals surface area contributed by atoms with Crippen molar-refractivity contribution in [1.82, 2.24) is 9.44 Å². The summed E-state index contributed by atoms with van der Waals surface area (Å²) in [5, 5.41) is 5.56. The van der Waals surface area contributed by atoms with E-state index in [0.717, 1.165) is 19.3 Å². The second kappa shape index (κ2) is 16.3. The molecule has 0 unspecified atom stereocenters. The summed E-state index contributed by atoms with van der Waals surface area (Å²) >= 11 is 0. The fourth-order valence-electron chi connectivity index (χ4n) is 3.62. The first-order valence-corrected chi connectivity index (χ1v) is 16.3. The molecule has 0 aliphatic rings. The second-order valence-electron chi connectivity index (χ2n) is 9.21. The van der Waals surface area contributed by atoms with Gasteiger partial charge in [-0.05, 0) is 74.2 Å². The standard InChI is InChI=1S/C27H40N4O6S2/c1-3-20-28-38(34,35)24-16-12-22(13-17-24)30-26(32)10-8-6-5-7-9-11-27(33)31-23-14-18-25(19-15-23)39(36,37)29-21-4-2/h12-19,28-29H,3-11,20-21H2,1-2H3,(H,30,32)(H,31,33). The van der Waals surface area contributed by atoms with Crippen LogP contribution in [0.4, 0.5) is 11.4 Å². The molecule has 2 aromatic rings. The lowest BCUT2D eigenvalue weighted by Crippen LogP contribution is -2.24. The normalized spacial score (nSPS) is 11.7. The topological polar surface area (TPSA) is 151 Å². The molecule has 39 heavy (non-hydrogen) atoms. The minimum atomic E-state index is -3.53. The van der Waals surface area contributed by atoms with Gasteiger partial charge in [0.1, 0.15) is 0 Å². The van der Waals surface area contributed by atoms with Crippen molar-refractivity contribution in [3.8, 4) is 0 Å². The van der Waals surface area contributed by atoms with Crippen LogP contribution in [0.25, 0.3) is 0 Å². The van der Waals surface area contributed by atoms with Crippen molar-refractivity contribution in [3.05, 3.63) is 48.5 Å². The Morgan fingerprint density at radius 1 is 0.564 bits per heavy atom. The quantitative estimate of drug-likeness (QED) is 0.192. The summed E-state index contributed by atoms with van der Waals surface area (Å²) in [7, 11) is -7.07. The molecule has 0 radical (unpaired) electrons. The van der Waals surface area contributed by atoms with Crippen molar-refractivity contribution in [2.75, 3.05) is 23.7 Å². The van der Waals surface area contributed by atoms with E-state index in [0.29, 0.717) is 63.0 Å². The summed E-state index contributed by atoms with van der Waals surface area (Å²) in [6, 6.07) is 12.2. The highest BCUT2D eigenvalue weighted by molar-refractivity contribution is 7.89. The van der Waals surface area contributed by atoms with Crippen molar-refractivity contribution in [3.63, 3.8) is 0 Å². The van der Waals surface area contributed by atoms with Crippen LogP contribution in [-0.4, -0.2) is 41.7 Å². The molecular formula is C27H40N4O6S2. The van der Waals surface area contributed by atoms with Crippen molar-refractivity contribution in [2.24, 2.45) is 0 Å². The van der Waals surface area contributed by atoms with Crippen LogP contribution in [0.1, 0.15) is 71.6 Å². The molecule has 0 spiro atoms. The van der Waals surface area contributed by atoms with E-state index in [1.54, 1.807) is 24.3 Å². The number of unbranched alkanes of at least 4 members (excludes halogenated alkanes) is 4. The minimum absolute atomic E-state index is 0.131. The zero-order chi connectivity index (χ0) is 28.7. The third kappa shape index (κ3) is 11.9. The van der Waals surface area contributed by atoms with Gasteiger partial charge < -0.3 is 10.6 Å². The molecule has 12 heteroatoms. The van der Waals surface area contributed by atoms with Crippen LogP contribution in [0.2, 0.25) is 0 Å². The summed E-state index contributed by atoms with van der Waals surface area (Å²) < 4.78 is 53.5. The summed E-state index contributed by atoms with van der Waals surface area (Å²) in [4.78, 5) is 24.7. The van der Waals surface area contributed by atoms with Gasteiger partial charge in [0.2, 0.25) is 31.9 Å². The van der Waals surface area contributed by atoms with E-state index in [2.05, 4.69) is 20.1 Å². The predicted octanol–water partition coefficient (Wildman–Crippen LogP) is 4.37. The molecule has 2 rings (SSSR count). The third-order valence-corrected chi connectivity index (χ3v) is 8.74. The van der Waals surface area contributed by atoms with Gasteiger partial charge in [-0.15, -0.1) is 0 Å². The molecule has 0 aromatic heterocycles. The lowest BCUT2D eigenvalue weighted by atomic mass is 10.1. The number of sulfonamides is 2. The Kier molecular flexibility index (Phi) is 13.6. The molecule has 4 N–H and O–H groups in total. The Balaban J connectivity index is 1.60. The maximum absolute atomic E-state index is 12.2. The van der Waals surface area contributed by atoms with E-state index in [-0.39, 0.29) is 21.6 Å². The number of carbonyl (C=O) groups is 2. The van der Waals surface area contributed by atoms with E-state index in [1.807, 2.05) is 13.8 Å². The number of hydrogen-bond donors (Lipinski definition) is 4. The van der Waals surface area contributed by atoms with Crippen molar-refractivity contribution >= 4 is 43.2 Å². The number of amides is 2. The van der Waals surface area contributed by atoms with Crippen molar-refractivity contribution in [1.29, 1.82) is 0 Å². The fraction of sp³-hybridized carbons (Fsp3) is 0.481. The van der Waals surface area contributed by atoms with Gasteiger partial charge in [-0.25, -0.2) is 26.3 Å². The maximum Gasteiger partial charge on any atom is 0.240 e. The Hall–Kier alpha value is -2.80. The third-order valence-electron chi connectivity index (χ3n) is 5.79. The first kappa shape index (κ1) is 32.4. The fourth-order valence-corrected chi connectivity index (χ4v) is 5.89. The van der Waals surface area contributed by atoms with E-state index < -0.39 is 20.0 Å². The number of hydrogen-bond acceptors (Lipinski definition) is 6. The van der Waals surface area contributed by atoms with Crippen LogP contribution >= 0.6 is 0 Å². The zero-order valence-electron chi connectivity index (χ0n) is 22.7. The van der Waals surface area contributed by atoms with Gasteiger partial charge in [0.05, 0.1) is 9.79 Å². The van der Waals surface area contributed by atoms with E-state index in [4.69, 9.17) is 0 Å². The maximum atomic E-state index is 12.2. The van der Waals surface area contributed by atoms with Gasteiger partial charge in [0.25, 0.3) is 0 Å². The summed E-state index contributed by atoms with van der Waals surface area (Å²) in [6.45, 7) is 4.51. The highest BCUT2D eigenvalue weighted by Gasteiger charge is 2.14. The Labute approximate surface area is 232 Å². The molecule has 0 saturated heterocycles. The lowest BCUT2D eigenvalue weighted by Gasteiger charge is -2.09. The number of benzene rings is 2. The van der Waals surface area contributed by atoms with Gasteiger partial charge in [0, 0.05) is 37.3 Å². The SMILES string of the molecule is CCCNS(=O)(=O)c1ccc(NC(=O)CCCCCCCC(=O)Nc2ccc(S(=O)(=O)NCCC)cc2)cc1. The van der Waals surface area contributed by atoms with Crippen LogP contribution in [0, 0.1) is 0 Å². The molecule has 0 heterocycles. The Bertz CT molecular complexity index is 1160. The monoisotopic (exact) mass is 580 g/mol. The Morgan fingerprint density at radius 3 is 1.23 bits per heavy atom. The van der Waals surface area contributed by atoms with E-state index in [1.165, 1.54) is 24.3 Å². The molecule has 0 saturated carbocycles. The van der Waals surface area contributed by atoms with Crippen LogP contribution in [0.5, 0.6) is 0 Å². The first-order valence-electron chi connectivity index (χ1n) is 13.4. The molecule has 0 bridgehead atoms.